The first-order valence-corrected chi connectivity index (χ1v) is 7.75. The SMILES string of the molecule is CC1(C)[C@H](C=C(Cl)Cl)[C@@H]1C(=O)NCc1cccc(C(F)(F)F)c1. The minimum Gasteiger partial charge on any atom is -0.352 e. The molecule has 1 saturated carbocycles. The molecule has 2 atom stereocenters. The third-order valence-corrected chi connectivity index (χ3v) is 4.47. The molecule has 0 bridgehead atoms. The molecule has 23 heavy (non-hydrogen) atoms. The van der Waals surface area contributed by atoms with E-state index in [4.69, 9.17) is 23.2 Å². The Morgan fingerprint density at radius 3 is 2.57 bits per heavy atom. The van der Waals surface area contributed by atoms with Gasteiger partial charge in [0.15, 0.2) is 0 Å². The van der Waals surface area contributed by atoms with E-state index in [2.05, 4.69) is 5.32 Å². The van der Waals surface area contributed by atoms with Crippen LogP contribution in [0, 0.1) is 17.3 Å². The summed E-state index contributed by atoms with van der Waals surface area (Å²) in [5.74, 6) is -0.585. The van der Waals surface area contributed by atoms with Crippen LogP contribution in [-0.2, 0) is 17.5 Å². The molecule has 2 rings (SSSR count). The minimum atomic E-state index is -4.40. The van der Waals surface area contributed by atoms with E-state index in [9.17, 15) is 18.0 Å². The number of hydrogen-bond acceptors (Lipinski definition) is 1. The largest absolute Gasteiger partial charge is 0.416 e. The third-order valence-electron chi connectivity index (χ3n) is 4.22. The van der Waals surface area contributed by atoms with Crippen LogP contribution in [0.3, 0.4) is 0 Å². The van der Waals surface area contributed by atoms with Crippen LogP contribution < -0.4 is 5.32 Å². The summed E-state index contributed by atoms with van der Waals surface area (Å²) < 4.78 is 38.1. The lowest BCUT2D eigenvalue weighted by molar-refractivity contribution is -0.137. The van der Waals surface area contributed by atoms with Crippen molar-refractivity contribution in [3.63, 3.8) is 0 Å². The molecular formula is C16H16Cl2F3NO. The van der Waals surface area contributed by atoms with E-state index in [0.29, 0.717) is 5.56 Å². The van der Waals surface area contributed by atoms with Crippen molar-refractivity contribution in [3.8, 4) is 0 Å². The lowest BCUT2D eigenvalue weighted by Gasteiger charge is -2.10. The molecule has 0 saturated heterocycles. The molecule has 0 heterocycles. The molecule has 1 aliphatic carbocycles. The summed E-state index contributed by atoms with van der Waals surface area (Å²) in [6.07, 6.45) is -2.77. The van der Waals surface area contributed by atoms with Crippen molar-refractivity contribution in [1.29, 1.82) is 0 Å². The van der Waals surface area contributed by atoms with Gasteiger partial charge in [-0.05, 0) is 35.1 Å². The molecule has 1 fully saturated rings. The Labute approximate surface area is 142 Å². The molecule has 0 aromatic heterocycles. The van der Waals surface area contributed by atoms with Gasteiger partial charge in [-0.3, -0.25) is 4.79 Å². The van der Waals surface area contributed by atoms with Crippen molar-refractivity contribution in [1.82, 2.24) is 5.32 Å². The van der Waals surface area contributed by atoms with Gasteiger partial charge in [-0.15, -0.1) is 0 Å². The molecule has 0 aliphatic heterocycles. The fourth-order valence-electron chi connectivity index (χ4n) is 2.78. The Bertz CT molecular complexity index is 636. The highest BCUT2D eigenvalue weighted by Crippen LogP contribution is 2.59. The summed E-state index contributed by atoms with van der Waals surface area (Å²) in [4.78, 5) is 12.2. The summed E-state index contributed by atoms with van der Waals surface area (Å²) in [5, 5.41) is 2.68. The number of carbonyl (C=O) groups excluding carboxylic acids is 1. The van der Waals surface area contributed by atoms with Crippen LogP contribution >= 0.6 is 23.2 Å². The number of nitrogens with one attached hydrogen (secondary N) is 1. The van der Waals surface area contributed by atoms with Crippen LogP contribution in [0.4, 0.5) is 13.2 Å². The number of benzene rings is 1. The molecule has 0 radical (unpaired) electrons. The van der Waals surface area contributed by atoms with Gasteiger partial charge in [0, 0.05) is 6.54 Å². The van der Waals surface area contributed by atoms with Crippen molar-refractivity contribution in [2.24, 2.45) is 17.3 Å². The van der Waals surface area contributed by atoms with Crippen molar-refractivity contribution < 1.29 is 18.0 Å². The summed E-state index contributed by atoms with van der Waals surface area (Å²) in [6, 6.07) is 4.90. The van der Waals surface area contributed by atoms with Gasteiger partial charge in [0.1, 0.15) is 4.49 Å². The molecule has 0 spiro atoms. The first kappa shape index (κ1) is 18.1. The molecule has 1 aliphatic rings. The summed E-state index contributed by atoms with van der Waals surface area (Å²) in [6.45, 7) is 3.87. The van der Waals surface area contributed by atoms with E-state index in [-0.39, 0.29) is 34.2 Å². The zero-order valence-electron chi connectivity index (χ0n) is 12.5. The van der Waals surface area contributed by atoms with E-state index >= 15 is 0 Å². The normalized spacial score (nSPS) is 22.4. The number of carbonyl (C=O) groups is 1. The zero-order valence-corrected chi connectivity index (χ0v) is 14.1. The molecule has 2 nitrogen and oxygen atoms in total. The van der Waals surface area contributed by atoms with Crippen molar-refractivity contribution in [2.75, 3.05) is 0 Å². The number of alkyl halides is 3. The van der Waals surface area contributed by atoms with Crippen LogP contribution in [0.1, 0.15) is 25.0 Å². The van der Waals surface area contributed by atoms with Gasteiger partial charge in [-0.25, -0.2) is 0 Å². The molecule has 1 N–H and O–H groups in total. The van der Waals surface area contributed by atoms with E-state index in [1.165, 1.54) is 6.07 Å². The Balaban J connectivity index is 2.00. The van der Waals surface area contributed by atoms with Crippen LogP contribution in [0.2, 0.25) is 0 Å². The second-order valence-electron chi connectivity index (χ2n) is 6.20. The van der Waals surface area contributed by atoms with Gasteiger partial charge < -0.3 is 5.32 Å². The topological polar surface area (TPSA) is 29.1 Å². The van der Waals surface area contributed by atoms with Crippen LogP contribution in [-0.4, -0.2) is 5.91 Å². The van der Waals surface area contributed by atoms with Gasteiger partial charge in [0.2, 0.25) is 5.91 Å². The fraction of sp³-hybridized carbons (Fsp3) is 0.438. The van der Waals surface area contributed by atoms with Crippen LogP contribution in [0.25, 0.3) is 0 Å². The number of allylic oxidation sites excluding steroid dienone is 1. The highest BCUT2D eigenvalue weighted by atomic mass is 35.5. The Morgan fingerprint density at radius 1 is 1.35 bits per heavy atom. The highest BCUT2D eigenvalue weighted by Gasteiger charge is 2.60. The summed E-state index contributed by atoms with van der Waals surface area (Å²) in [7, 11) is 0. The highest BCUT2D eigenvalue weighted by molar-refractivity contribution is 6.55. The lowest BCUT2D eigenvalue weighted by Crippen LogP contribution is -2.26. The van der Waals surface area contributed by atoms with Crippen molar-refractivity contribution in [3.05, 3.63) is 46.0 Å². The number of halogens is 5. The standard InChI is InChI=1S/C16H16Cl2F3NO/c1-15(2)11(7-12(17)18)13(15)14(23)22-8-9-4-3-5-10(6-9)16(19,20)21/h3-7,11,13H,8H2,1-2H3,(H,22,23)/t11-,13-/m1/s1. The molecular weight excluding hydrogens is 350 g/mol. The van der Waals surface area contributed by atoms with Gasteiger partial charge in [0.25, 0.3) is 0 Å². The first-order valence-electron chi connectivity index (χ1n) is 7.00. The number of amides is 1. The summed E-state index contributed by atoms with van der Waals surface area (Å²) in [5.41, 5.74) is -0.604. The smallest absolute Gasteiger partial charge is 0.352 e. The second-order valence-corrected chi connectivity index (χ2v) is 7.20. The lowest BCUT2D eigenvalue weighted by atomic mass is 10.1. The fourth-order valence-corrected chi connectivity index (χ4v) is 3.05. The maximum Gasteiger partial charge on any atom is 0.416 e. The van der Waals surface area contributed by atoms with Gasteiger partial charge in [-0.2, -0.15) is 13.2 Å². The first-order chi connectivity index (χ1) is 10.5. The predicted octanol–water partition coefficient (Wildman–Crippen LogP) is 4.91. The monoisotopic (exact) mass is 365 g/mol. The average Bonchev–Trinajstić information content (AvgIpc) is 2.96. The van der Waals surface area contributed by atoms with Crippen molar-refractivity contribution >= 4 is 29.1 Å². The quantitative estimate of drug-likeness (QED) is 0.806. The van der Waals surface area contributed by atoms with Gasteiger partial charge >= 0.3 is 6.18 Å². The third kappa shape index (κ3) is 4.21. The Hall–Kier alpha value is -1.20. The predicted molar refractivity (Wildman–Crippen MR) is 83.8 cm³/mol. The van der Waals surface area contributed by atoms with E-state index in [0.717, 1.165) is 12.1 Å². The molecule has 1 aromatic rings. The summed E-state index contributed by atoms with van der Waals surface area (Å²) >= 11 is 11.3. The molecule has 1 amide bonds. The molecule has 1 aromatic carbocycles. The minimum absolute atomic E-state index is 0.0420. The maximum atomic E-state index is 12.7. The zero-order chi connectivity index (χ0) is 17.4. The Kier molecular flexibility index (Phi) is 5.02. The van der Waals surface area contributed by atoms with Gasteiger partial charge in [-0.1, -0.05) is 49.2 Å². The van der Waals surface area contributed by atoms with E-state index in [1.54, 1.807) is 12.1 Å². The van der Waals surface area contributed by atoms with Crippen LogP contribution in [0.5, 0.6) is 0 Å². The molecule has 126 valence electrons. The average molecular weight is 366 g/mol. The maximum absolute atomic E-state index is 12.7. The number of hydrogen-bond donors (Lipinski definition) is 1. The molecule has 0 unspecified atom stereocenters. The van der Waals surface area contributed by atoms with Gasteiger partial charge in [0.05, 0.1) is 11.5 Å². The Morgan fingerprint density at radius 2 is 2.00 bits per heavy atom. The second kappa shape index (κ2) is 6.36. The van der Waals surface area contributed by atoms with Crippen LogP contribution in [0.15, 0.2) is 34.8 Å². The number of rotatable bonds is 4. The van der Waals surface area contributed by atoms with Crippen molar-refractivity contribution in [2.45, 2.75) is 26.6 Å². The molecule has 7 heteroatoms. The van der Waals surface area contributed by atoms with E-state index < -0.39 is 11.7 Å². The van der Waals surface area contributed by atoms with E-state index in [1.807, 2.05) is 13.8 Å².